The molecule has 110 valence electrons. The van der Waals surface area contributed by atoms with Crippen molar-refractivity contribution in [3.05, 3.63) is 29.8 Å². The highest BCUT2D eigenvalue weighted by atomic mass is 16.5. The number of hydrogen-bond acceptors (Lipinski definition) is 3. The van der Waals surface area contributed by atoms with Gasteiger partial charge in [-0.3, -0.25) is 4.79 Å². The summed E-state index contributed by atoms with van der Waals surface area (Å²) in [5.41, 5.74) is 1.22. The molecule has 1 aromatic carbocycles. The Kier molecular flexibility index (Phi) is 5.41. The van der Waals surface area contributed by atoms with Crippen LogP contribution < -0.4 is 15.4 Å². The van der Waals surface area contributed by atoms with Gasteiger partial charge in [0.05, 0.1) is 0 Å². The highest BCUT2D eigenvalue weighted by Crippen LogP contribution is 2.18. The Morgan fingerprint density at radius 1 is 1.30 bits per heavy atom. The van der Waals surface area contributed by atoms with Crippen molar-refractivity contribution in [3.8, 4) is 5.75 Å². The standard InChI is InChI=1S/C16H24N2O2/c1-12(2)9-17-10-13-3-7-15(8-4-13)20-11-16(19)18-14-5-6-14/h3-4,7-8,12,14,17H,5-6,9-11H2,1-2H3,(H,18,19). The average Bonchev–Trinajstić information content (AvgIpc) is 3.21. The smallest absolute Gasteiger partial charge is 0.258 e. The van der Waals surface area contributed by atoms with E-state index in [-0.39, 0.29) is 12.5 Å². The van der Waals surface area contributed by atoms with Crippen molar-refractivity contribution in [3.63, 3.8) is 0 Å². The van der Waals surface area contributed by atoms with Gasteiger partial charge in [-0.15, -0.1) is 0 Å². The maximum absolute atomic E-state index is 11.5. The summed E-state index contributed by atoms with van der Waals surface area (Å²) in [6, 6.07) is 8.27. The van der Waals surface area contributed by atoms with Crippen LogP contribution in [0.5, 0.6) is 5.75 Å². The first kappa shape index (κ1) is 14.9. The SMILES string of the molecule is CC(C)CNCc1ccc(OCC(=O)NC2CC2)cc1. The number of amides is 1. The number of benzene rings is 1. The molecule has 4 nitrogen and oxygen atoms in total. The summed E-state index contributed by atoms with van der Waals surface area (Å²) in [5.74, 6) is 1.36. The van der Waals surface area contributed by atoms with Crippen molar-refractivity contribution < 1.29 is 9.53 Å². The second-order valence-corrected chi connectivity index (χ2v) is 5.80. The van der Waals surface area contributed by atoms with Gasteiger partial charge >= 0.3 is 0 Å². The third-order valence-electron chi connectivity index (χ3n) is 3.12. The normalized spacial score (nSPS) is 14.3. The highest BCUT2D eigenvalue weighted by molar-refractivity contribution is 5.78. The molecule has 1 aliphatic carbocycles. The van der Waals surface area contributed by atoms with Crippen LogP contribution in [0.15, 0.2) is 24.3 Å². The number of hydrogen-bond donors (Lipinski definition) is 2. The van der Waals surface area contributed by atoms with E-state index in [1.165, 1.54) is 5.56 Å². The first-order valence-corrected chi connectivity index (χ1v) is 7.35. The van der Waals surface area contributed by atoms with Gasteiger partial charge in [-0.2, -0.15) is 0 Å². The summed E-state index contributed by atoms with van der Waals surface area (Å²) in [6.07, 6.45) is 2.20. The Labute approximate surface area is 120 Å². The maximum Gasteiger partial charge on any atom is 0.258 e. The van der Waals surface area contributed by atoms with Gasteiger partial charge in [-0.25, -0.2) is 0 Å². The Balaban J connectivity index is 1.68. The van der Waals surface area contributed by atoms with Crippen LogP contribution >= 0.6 is 0 Å². The Bertz CT molecular complexity index is 425. The van der Waals surface area contributed by atoms with E-state index in [4.69, 9.17) is 4.74 Å². The second kappa shape index (κ2) is 7.29. The van der Waals surface area contributed by atoms with E-state index in [9.17, 15) is 4.79 Å². The lowest BCUT2D eigenvalue weighted by Crippen LogP contribution is -2.30. The first-order valence-electron chi connectivity index (χ1n) is 7.35. The van der Waals surface area contributed by atoms with E-state index in [2.05, 4.69) is 24.5 Å². The lowest BCUT2D eigenvalue weighted by atomic mass is 10.2. The zero-order valence-corrected chi connectivity index (χ0v) is 12.3. The van der Waals surface area contributed by atoms with Crippen molar-refractivity contribution >= 4 is 5.91 Å². The van der Waals surface area contributed by atoms with E-state index in [0.29, 0.717) is 12.0 Å². The Hall–Kier alpha value is -1.55. The van der Waals surface area contributed by atoms with Gasteiger partial charge < -0.3 is 15.4 Å². The molecule has 0 heterocycles. The molecule has 0 radical (unpaired) electrons. The molecule has 2 N–H and O–H groups in total. The van der Waals surface area contributed by atoms with Gasteiger partial charge in [-0.1, -0.05) is 26.0 Å². The quantitative estimate of drug-likeness (QED) is 0.764. The summed E-state index contributed by atoms with van der Waals surface area (Å²) in [5, 5.41) is 6.29. The predicted molar refractivity (Wildman–Crippen MR) is 79.6 cm³/mol. The number of ether oxygens (including phenoxy) is 1. The zero-order valence-electron chi connectivity index (χ0n) is 12.3. The summed E-state index contributed by atoms with van der Waals surface area (Å²) < 4.78 is 5.46. The van der Waals surface area contributed by atoms with Crippen molar-refractivity contribution in [2.24, 2.45) is 5.92 Å². The molecule has 1 fully saturated rings. The minimum Gasteiger partial charge on any atom is -0.484 e. The zero-order chi connectivity index (χ0) is 14.4. The minimum atomic E-state index is -0.0322. The molecule has 1 aliphatic rings. The van der Waals surface area contributed by atoms with Gasteiger partial charge in [0, 0.05) is 12.6 Å². The van der Waals surface area contributed by atoms with Crippen LogP contribution in [0.1, 0.15) is 32.3 Å². The third-order valence-corrected chi connectivity index (χ3v) is 3.12. The fourth-order valence-electron chi connectivity index (χ4n) is 1.85. The van der Waals surface area contributed by atoms with Crippen LogP contribution in [-0.2, 0) is 11.3 Å². The van der Waals surface area contributed by atoms with E-state index in [0.717, 1.165) is 31.7 Å². The van der Waals surface area contributed by atoms with Crippen LogP contribution in [0.3, 0.4) is 0 Å². The number of nitrogens with one attached hydrogen (secondary N) is 2. The van der Waals surface area contributed by atoms with Gasteiger partial charge in [0.1, 0.15) is 5.75 Å². The molecule has 4 heteroatoms. The second-order valence-electron chi connectivity index (χ2n) is 5.80. The number of carbonyl (C=O) groups is 1. The molecular weight excluding hydrogens is 252 g/mol. The fourth-order valence-corrected chi connectivity index (χ4v) is 1.85. The van der Waals surface area contributed by atoms with Crippen molar-refractivity contribution in [2.45, 2.75) is 39.3 Å². The fraction of sp³-hybridized carbons (Fsp3) is 0.562. The largest absolute Gasteiger partial charge is 0.484 e. The molecular formula is C16H24N2O2. The molecule has 0 spiro atoms. The summed E-state index contributed by atoms with van der Waals surface area (Å²) >= 11 is 0. The number of carbonyl (C=O) groups excluding carboxylic acids is 1. The van der Waals surface area contributed by atoms with Crippen LogP contribution in [0, 0.1) is 5.92 Å². The molecule has 0 aromatic heterocycles. The molecule has 0 unspecified atom stereocenters. The topological polar surface area (TPSA) is 50.4 Å². The van der Waals surface area contributed by atoms with Crippen LogP contribution in [0.2, 0.25) is 0 Å². The monoisotopic (exact) mass is 276 g/mol. The summed E-state index contributed by atoms with van der Waals surface area (Å²) in [7, 11) is 0. The van der Waals surface area contributed by atoms with Crippen LogP contribution in [0.25, 0.3) is 0 Å². The lowest BCUT2D eigenvalue weighted by Gasteiger charge is -2.09. The molecule has 1 aromatic rings. The van der Waals surface area contributed by atoms with Crippen molar-refractivity contribution in [1.29, 1.82) is 0 Å². The highest BCUT2D eigenvalue weighted by Gasteiger charge is 2.23. The van der Waals surface area contributed by atoms with Gasteiger partial charge in [0.25, 0.3) is 5.91 Å². The van der Waals surface area contributed by atoms with Gasteiger partial charge in [0.2, 0.25) is 0 Å². The molecule has 0 bridgehead atoms. The van der Waals surface area contributed by atoms with Gasteiger partial charge in [0.15, 0.2) is 6.61 Å². The molecule has 1 saturated carbocycles. The third kappa shape index (κ3) is 5.61. The summed E-state index contributed by atoms with van der Waals surface area (Å²) in [4.78, 5) is 11.5. The number of rotatable bonds is 8. The average molecular weight is 276 g/mol. The molecule has 20 heavy (non-hydrogen) atoms. The molecule has 2 rings (SSSR count). The van der Waals surface area contributed by atoms with E-state index in [1.54, 1.807) is 0 Å². The van der Waals surface area contributed by atoms with Crippen LogP contribution in [0.4, 0.5) is 0 Å². The lowest BCUT2D eigenvalue weighted by molar-refractivity contribution is -0.123. The van der Waals surface area contributed by atoms with Crippen LogP contribution in [-0.4, -0.2) is 25.1 Å². The van der Waals surface area contributed by atoms with E-state index in [1.807, 2.05) is 24.3 Å². The minimum absolute atomic E-state index is 0.0322. The molecule has 0 atom stereocenters. The molecule has 0 saturated heterocycles. The van der Waals surface area contributed by atoms with Crippen molar-refractivity contribution in [1.82, 2.24) is 10.6 Å². The molecule has 0 aliphatic heterocycles. The maximum atomic E-state index is 11.5. The first-order chi connectivity index (χ1) is 9.63. The summed E-state index contributed by atoms with van der Waals surface area (Å²) in [6.45, 7) is 6.36. The molecule has 1 amide bonds. The van der Waals surface area contributed by atoms with E-state index < -0.39 is 0 Å². The predicted octanol–water partition coefficient (Wildman–Crippen LogP) is 2.09. The van der Waals surface area contributed by atoms with Crippen molar-refractivity contribution in [2.75, 3.05) is 13.2 Å². The van der Waals surface area contributed by atoms with Gasteiger partial charge in [-0.05, 0) is 43.0 Å². The Morgan fingerprint density at radius 3 is 2.60 bits per heavy atom. The Morgan fingerprint density at radius 2 is 2.00 bits per heavy atom. The van der Waals surface area contributed by atoms with E-state index >= 15 is 0 Å².